The first-order valence-electron chi connectivity index (χ1n) is 14.7. The highest BCUT2D eigenvalue weighted by Crippen LogP contribution is 2.46. The summed E-state index contributed by atoms with van der Waals surface area (Å²) >= 11 is 3.52. The van der Waals surface area contributed by atoms with E-state index in [-0.39, 0.29) is 25.0 Å². The maximum atomic E-state index is 14.0. The molecular formula is C32H38BrN5O4. The summed E-state index contributed by atoms with van der Waals surface area (Å²) in [5.41, 5.74) is 2.00. The van der Waals surface area contributed by atoms with E-state index in [9.17, 15) is 14.7 Å². The number of fused-ring (bicyclic) bond motifs is 1. The van der Waals surface area contributed by atoms with E-state index in [4.69, 9.17) is 5.11 Å². The number of halogens is 1. The predicted molar refractivity (Wildman–Crippen MR) is 165 cm³/mol. The lowest BCUT2D eigenvalue weighted by Gasteiger charge is -2.28. The zero-order valence-corrected chi connectivity index (χ0v) is 25.5. The topological polar surface area (TPSA) is 112 Å². The van der Waals surface area contributed by atoms with Crippen LogP contribution in [-0.4, -0.2) is 50.2 Å². The number of aliphatic hydroxyl groups excluding tert-OH is 1. The molecule has 0 radical (unpaired) electrons. The fraction of sp³-hybridized carbons (Fsp3) is 0.438. The van der Waals surface area contributed by atoms with Crippen molar-refractivity contribution in [1.82, 2.24) is 15.0 Å². The van der Waals surface area contributed by atoms with Crippen LogP contribution in [0.3, 0.4) is 0 Å². The number of carbonyl (C=O) groups excluding carboxylic acids is 2. The molecular weight excluding hydrogens is 598 g/mol. The summed E-state index contributed by atoms with van der Waals surface area (Å²) in [5, 5.41) is 29.2. The summed E-state index contributed by atoms with van der Waals surface area (Å²) in [6.07, 6.45) is 11.4. The zero-order valence-electron chi connectivity index (χ0n) is 24.0. The van der Waals surface area contributed by atoms with Gasteiger partial charge in [-0.25, -0.2) is 0 Å². The van der Waals surface area contributed by atoms with Gasteiger partial charge < -0.3 is 20.0 Å². The van der Waals surface area contributed by atoms with Crippen LogP contribution in [0.4, 0.5) is 11.4 Å². The molecule has 0 saturated carbocycles. The molecule has 2 aromatic carbocycles. The molecule has 10 heteroatoms. The first-order chi connectivity index (χ1) is 20.3. The Morgan fingerprint density at radius 3 is 2.79 bits per heavy atom. The Labute approximate surface area is 255 Å². The standard InChI is InChI=1S/C32H38BrN5O4/c1-23(9-5-7-16-36-22-26(15-18-39)34-35-36)32(42)28-20-25(33)13-14-29(28)38(31(32)41)21-24-10-8-11-27(19-24)37-17-6-3-2-4-12-30(37)40/h5,8-11,13-14,19-20,22-23,39,42H,2-4,6-7,12,15-18,21H2,1H3/b9-5+/t23-,32+/m1/s1. The van der Waals surface area contributed by atoms with Crippen molar-refractivity contribution in [3.8, 4) is 0 Å². The summed E-state index contributed by atoms with van der Waals surface area (Å²) in [7, 11) is 0. The molecule has 1 aromatic heterocycles. The van der Waals surface area contributed by atoms with Gasteiger partial charge in [-0.15, -0.1) is 5.10 Å². The smallest absolute Gasteiger partial charge is 0.264 e. The highest BCUT2D eigenvalue weighted by molar-refractivity contribution is 9.10. The van der Waals surface area contributed by atoms with Crippen molar-refractivity contribution in [2.24, 2.45) is 5.92 Å². The summed E-state index contributed by atoms with van der Waals surface area (Å²) in [5.74, 6) is -0.720. The highest BCUT2D eigenvalue weighted by Gasteiger charge is 2.52. The Bertz CT molecular complexity index is 1460. The third-order valence-electron chi connectivity index (χ3n) is 8.18. The molecule has 0 aliphatic carbocycles. The molecule has 2 aliphatic rings. The number of amides is 2. The van der Waals surface area contributed by atoms with E-state index >= 15 is 0 Å². The molecule has 3 heterocycles. The van der Waals surface area contributed by atoms with Gasteiger partial charge >= 0.3 is 0 Å². The van der Waals surface area contributed by atoms with E-state index in [1.165, 1.54) is 0 Å². The first-order valence-corrected chi connectivity index (χ1v) is 15.5. The molecule has 2 amide bonds. The maximum absolute atomic E-state index is 14.0. The lowest BCUT2D eigenvalue weighted by Crippen LogP contribution is -2.44. The Morgan fingerprint density at radius 1 is 1.12 bits per heavy atom. The zero-order chi connectivity index (χ0) is 29.7. The van der Waals surface area contributed by atoms with Gasteiger partial charge in [0, 0.05) is 60.4 Å². The first kappa shape index (κ1) is 30.1. The molecule has 0 bridgehead atoms. The number of allylic oxidation sites excluding steroid dienone is 1. The van der Waals surface area contributed by atoms with Crippen molar-refractivity contribution in [2.75, 3.05) is 23.0 Å². The van der Waals surface area contributed by atoms with Crippen molar-refractivity contribution in [3.05, 3.63) is 82.1 Å². The normalized spacial score (nSPS) is 20.2. The van der Waals surface area contributed by atoms with Gasteiger partial charge in [0.1, 0.15) is 0 Å². The van der Waals surface area contributed by atoms with Crippen LogP contribution in [-0.2, 0) is 34.7 Å². The van der Waals surface area contributed by atoms with E-state index in [0.717, 1.165) is 47.1 Å². The van der Waals surface area contributed by atoms with Gasteiger partial charge in [-0.2, -0.15) is 0 Å². The summed E-state index contributed by atoms with van der Waals surface area (Å²) in [4.78, 5) is 30.4. The van der Waals surface area contributed by atoms with Crippen LogP contribution in [0, 0.1) is 5.92 Å². The number of aryl methyl sites for hydroxylation is 1. The molecule has 0 unspecified atom stereocenters. The van der Waals surface area contributed by atoms with Crippen molar-refractivity contribution in [3.63, 3.8) is 0 Å². The number of nitrogens with zero attached hydrogens (tertiary/aromatic N) is 5. The molecule has 1 saturated heterocycles. The molecule has 2 atom stereocenters. The predicted octanol–water partition coefficient (Wildman–Crippen LogP) is 4.89. The van der Waals surface area contributed by atoms with Gasteiger partial charge in [-0.1, -0.05) is 65.2 Å². The van der Waals surface area contributed by atoms with Gasteiger partial charge in [0.15, 0.2) is 5.60 Å². The highest BCUT2D eigenvalue weighted by atomic mass is 79.9. The largest absolute Gasteiger partial charge is 0.396 e. The number of carbonyl (C=O) groups is 2. The van der Waals surface area contributed by atoms with E-state index in [2.05, 4.69) is 26.2 Å². The molecule has 42 heavy (non-hydrogen) atoms. The van der Waals surface area contributed by atoms with E-state index < -0.39 is 11.5 Å². The second kappa shape index (κ2) is 13.3. The van der Waals surface area contributed by atoms with E-state index in [0.29, 0.717) is 43.6 Å². The molecule has 2 N–H and O–H groups in total. The van der Waals surface area contributed by atoms with E-state index in [1.54, 1.807) is 9.58 Å². The van der Waals surface area contributed by atoms with Crippen molar-refractivity contribution < 1.29 is 19.8 Å². The van der Waals surface area contributed by atoms with E-state index in [1.807, 2.05) is 72.6 Å². The van der Waals surface area contributed by atoms with Crippen molar-refractivity contribution in [2.45, 2.75) is 70.6 Å². The minimum Gasteiger partial charge on any atom is -0.396 e. The number of anilines is 2. The minimum absolute atomic E-state index is 0.0287. The van der Waals surface area contributed by atoms with Gasteiger partial charge in [0.2, 0.25) is 5.91 Å². The summed E-state index contributed by atoms with van der Waals surface area (Å²) in [6.45, 7) is 3.46. The van der Waals surface area contributed by atoms with Crippen LogP contribution in [0.2, 0.25) is 0 Å². The van der Waals surface area contributed by atoms with Crippen LogP contribution in [0.15, 0.2) is 65.3 Å². The lowest BCUT2D eigenvalue weighted by atomic mass is 9.83. The van der Waals surface area contributed by atoms with Crippen LogP contribution in [0.1, 0.15) is 62.3 Å². The molecule has 9 nitrogen and oxygen atoms in total. The number of rotatable bonds is 10. The Balaban J connectivity index is 1.34. The van der Waals surface area contributed by atoms with Gasteiger partial charge in [0.25, 0.3) is 5.91 Å². The number of hydrogen-bond donors (Lipinski definition) is 2. The molecule has 0 spiro atoms. The monoisotopic (exact) mass is 635 g/mol. The Hall–Kier alpha value is -3.34. The van der Waals surface area contributed by atoms with Crippen molar-refractivity contribution in [1.29, 1.82) is 0 Å². The van der Waals surface area contributed by atoms with Crippen LogP contribution in [0.5, 0.6) is 0 Å². The van der Waals surface area contributed by atoms with Crippen molar-refractivity contribution >= 4 is 39.1 Å². The molecule has 1 fully saturated rings. The number of benzene rings is 2. The second-order valence-corrected chi connectivity index (χ2v) is 12.1. The average molecular weight is 637 g/mol. The molecule has 2 aliphatic heterocycles. The van der Waals surface area contributed by atoms with Gasteiger partial charge in [-0.3, -0.25) is 14.3 Å². The SMILES string of the molecule is C[C@H](/C=C/CCn1cc(CCO)nn1)[C@@]1(O)C(=O)N(Cc2cccc(N3CCCCCCC3=O)c2)c2ccc(Br)cc21. The second-order valence-electron chi connectivity index (χ2n) is 11.2. The Kier molecular flexibility index (Phi) is 9.55. The van der Waals surface area contributed by atoms with Gasteiger partial charge in [-0.05, 0) is 55.2 Å². The summed E-state index contributed by atoms with van der Waals surface area (Å²) in [6, 6.07) is 13.4. The molecule has 3 aromatic rings. The molecule has 222 valence electrons. The number of aromatic nitrogens is 3. The lowest BCUT2D eigenvalue weighted by molar-refractivity contribution is -0.139. The third-order valence-corrected chi connectivity index (χ3v) is 8.67. The summed E-state index contributed by atoms with van der Waals surface area (Å²) < 4.78 is 2.51. The quantitative estimate of drug-likeness (QED) is 0.307. The number of aliphatic hydroxyl groups is 2. The third kappa shape index (κ3) is 6.35. The molecule has 5 rings (SSSR count). The van der Waals surface area contributed by atoms with Crippen LogP contribution >= 0.6 is 15.9 Å². The van der Waals surface area contributed by atoms with Crippen LogP contribution in [0.25, 0.3) is 0 Å². The fourth-order valence-electron chi connectivity index (χ4n) is 5.84. The van der Waals surface area contributed by atoms with Gasteiger partial charge in [0.05, 0.1) is 17.9 Å². The van der Waals surface area contributed by atoms with Crippen LogP contribution < -0.4 is 9.80 Å². The maximum Gasteiger partial charge on any atom is 0.264 e. The average Bonchev–Trinajstić information content (AvgIpc) is 3.50. The Morgan fingerprint density at radius 2 is 1.95 bits per heavy atom. The fourth-order valence-corrected chi connectivity index (χ4v) is 6.20. The minimum atomic E-state index is -1.73. The number of hydrogen-bond acceptors (Lipinski definition) is 6.